The van der Waals surface area contributed by atoms with Crippen LogP contribution in [0.1, 0.15) is 43.7 Å². The quantitative estimate of drug-likeness (QED) is 0.874. The van der Waals surface area contributed by atoms with Crippen LogP contribution in [0.3, 0.4) is 0 Å². The van der Waals surface area contributed by atoms with Gasteiger partial charge in [0, 0.05) is 31.7 Å². The molecule has 150 valence electrons. The van der Waals surface area contributed by atoms with Gasteiger partial charge in [0.2, 0.25) is 17.6 Å². The summed E-state index contributed by atoms with van der Waals surface area (Å²) in [6.45, 7) is 8.24. The number of piperazine rings is 1. The molecule has 2 atom stereocenters. The molecule has 7 heteroatoms. The highest BCUT2D eigenvalue weighted by Crippen LogP contribution is 2.24. The van der Waals surface area contributed by atoms with Gasteiger partial charge in [-0.25, -0.2) is 0 Å². The molecule has 2 aliphatic heterocycles. The number of rotatable bonds is 4. The molecule has 2 saturated heterocycles. The van der Waals surface area contributed by atoms with Gasteiger partial charge < -0.3 is 14.7 Å². The second-order valence-corrected chi connectivity index (χ2v) is 7.86. The van der Waals surface area contributed by atoms with Crippen molar-refractivity contribution in [1.82, 2.24) is 25.3 Å². The number of amides is 1. The van der Waals surface area contributed by atoms with Gasteiger partial charge in [0.25, 0.3) is 0 Å². The monoisotopic (exact) mass is 383 g/mol. The van der Waals surface area contributed by atoms with Crippen LogP contribution < -0.4 is 5.32 Å². The van der Waals surface area contributed by atoms with E-state index < -0.39 is 0 Å². The van der Waals surface area contributed by atoms with Crippen molar-refractivity contribution in [2.45, 2.75) is 45.2 Å². The molecule has 0 aliphatic carbocycles. The summed E-state index contributed by atoms with van der Waals surface area (Å²) in [6.07, 6.45) is 3.27. The topological polar surface area (TPSA) is 74.5 Å². The molecular formula is C21H29N5O2. The molecule has 7 nitrogen and oxygen atoms in total. The molecule has 2 fully saturated rings. The van der Waals surface area contributed by atoms with Gasteiger partial charge in [-0.05, 0) is 33.2 Å². The third-order valence-corrected chi connectivity index (χ3v) is 5.89. The van der Waals surface area contributed by atoms with Crippen LogP contribution in [-0.2, 0) is 4.79 Å². The summed E-state index contributed by atoms with van der Waals surface area (Å²) >= 11 is 0. The van der Waals surface area contributed by atoms with Crippen molar-refractivity contribution in [3.05, 3.63) is 35.7 Å². The Kier molecular flexibility index (Phi) is 5.73. The molecule has 2 unspecified atom stereocenters. The fourth-order valence-electron chi connectivity index (χ4n) is 3.99. The van der Waals surface area contributed by atoms with Gasteiger partial charge in [-0.15, -0.1) is 0 Å². The third-order valence-electron chi connectivity index (χ3n) is 5.89. The standard InChI is InChI=1S/C21H29N5O2/c1-15-6-8-17(9-7-15)19-23-20(28-24-19)16(2)25-11-13-26(14-12-25)21(27)18-5-3-4-10-22-18/h6-9,16,18,22H,3-5,10-14H2,1-2H3. The normalized spacial score (nSPS) is 22.2. The number of nitrogens with one attached hydrogen (secondary N) is 1. The van der Waals surface area contributed by atoms with Crippen LogP contribution in [-0.4, -0.2) is 64.6 Å². The average Bonchev–Trinajstić information content (AvgIpc) is 3.24. The Morgan fingerprint density at radius 2 is 1.93 bits per heavy atom. The van der Waals surface area contributed by atoms with E-state index in [4.69, 9.17) is 4.52 Å². The molecule has 0 bridgehead atoms. The first kappa shape index (κ1) is 19.1. The molecule has 2 aromatic rings. The number of hydrogen-bond acceptors (Lipinski definition) is 6. The van der Waals surface area contributed by atoms with Crippen LogP contribution in [0.5, 0.6) is 0 Å². The molecule has 1 amide bonds. The largest absolute Gasteiger partial charge is 0.339 e. The second kappa shape index (κ2) is 8.41. The van der Waals surface area contributed by atoms with Gasteiger partial charge in [0.15, 0.2) is 0 Å². The van der Waals surface area contributed by atoms with E-state index in [9.17, 15) is 4.79 Å². The molecule has 0 radical (unpaired) electrons. The predicted molar refractivity (Wildman–Crippen MR) is 107 cm³/mol. The lowest BCUT2D eigenvalue weighted by molar-refractivity contribution is -0.136. The maximum atomic E-state index is 12.7. The molecule has 4 rings (SSSR count). The van der Waals surface area contributed by atoms with E-state index in [1.807, 2.05) is 29.2 Å². The summed E-state index contributed by atoms with van der Waals surface area (Å²) in [6, 6.07) is 8.16. The zero-order valence-electron chi connectivity index (χ0n) is 16.7. The Morgan fingerprint density at radius 1 is 1.18 bits per heavy atom. The number of hydrogen-bond donors (Lipinski definition) is 1. The lowest BCUT2D eigenvalue weighted by Gasteiger charge is -2.38. The van der Waals surface area contributed by atoms with Crippen molar-refractivity contribution in [3.63, 3.8) is 0 Å². The lowest BCUT2D eigenvalue weighted by atomic mass is 10.0. The predicted octanol–water partition coefficient (Wildman–Crippen LogP) is 2.39. The SMILES string of the molecule is Cc1ccc(-c2noc(C(C)N3CCN(C(=O)C4CCCCN4)CC3)n2)cc1. The number of aryl methyl sites for hydroxylation is 1. The van der Waals surface area contributed by atoms with Gasteiger partial charge in [-0.1, -0.05) is 41.4 Å². The molecule has 1 aromatic heterocycles. The minimum Gasteiger partial charge on any atom is -0.339 e. The maximum absolute atomic E-state index is 12.7. The minimum atomic E-state index is 0.00531. The minimum absolute atomic E-state index is 0.00531. The molecule has 28 heavy (non-hydrogen) atoms. The molecule has 3 heterocycles. The highest BCUT2D eigenvalue weighted by molar-refractivity contribution is 5.82. The fraction of sp³-hybridized carbons (Fsp3) is 0.571. The molecule has 1 N–H and O–H groups in total. The Labute approximate surface area is 166 Å². The second-order valence-electron chi connectivity index (χ2n) is 7.86. The summed E-state index contributed by atoms with van der Waals surface area (Å²) in [7, 11) is 0. The Balaban J connectivity index is 1.34. The smallest absolute Gasteiger partial charge is 0.244 e. The Bertz CT molecular complexity index is 789. The molecule has 0 saturated carbocycles. The Morgan fingerprint density at radius 3 is 2.61 bits per heavy atom. The van der Waals surface area contributed by atoms with E-state index in [2.05, 4.69) is 34.2 Å². The van der Waals surface area contributed by atoms with Crippen LogP contribution in [0.4, 0.5) is 0 Å². The number of nitrogens with zero attached hydrogens (tertiary/aromatic N) is 4. The molecule has 2 aliphatic rings. The van der Waals surface area contributed by atoms with E-state index in [1.54, 1.807) is 0 Å². The highest BCUT2D eigenvalue weighted by atomic mass is 16.5. The summed E-state index contributed by atoms with van der Waals surface area (Å²) in [4.78, 5) is 21.6. The summed E-state index contributed by atoms with van der Waals surface area (Å²) in [5, 5.41) is 7.51. The molecule has 1 aromatic carbocycles. The Hall–Kier alpha value is -2.25. The first-order valence-corrected chi connectivity index (χ1v) is 10.3. The molecular weight excluding hydrogens is 354 g/mol. The first-order valence-electron chi connectivity index (χ1n) is 10.3. The van der Waals surface area contributed by atoms with Crippen molar-refractivity contribution in [2.75, 3.05) is 32.7 Å². The van der Waals surface area contributed by atoms with Crippen molar-refractivity contribution in [1.29, 1.82) is 0 Å². The van der Waals surface area contributed by atoms with Gasteiger partial charge in [-0.3, -0.25) is 9.69 Å². The van der Waals surface area contributed by atoms with Gasteiger partial charge >= 0.3 is 0 Å². The maximum Gasteiger partial charge on any atom is 0.244 e. The van der Waals surface area contributed by atoms with Gasteiger partial charge in [0.1, 0.15) is 0 Å². The number of piperidine rings is 1. The summed E-state index contributed by atoms with van der Waals surface area (Å²) < 4.78 is 5.54. The van der Waals surface area contributed by atoms with Crippen LogP contribution in [0.15, 0.2) is 28.8 Å². The zero-order chi connectivity index (χ0) is 19.5. The van der Waals surface area contributed by atoms with E-state index in [0.29, 0.717) is 11.7 Å². The van der Waals surface area contributed by atoms with Crippen LogP contribution in [0.25, 0.3) is 11.4 Å². The van der Waals surface area contributed by atoms with Crippen LogP contribution >= 0.6 is 0 Å². The van der Waals surface area contributed by atoms with Crippen molar-refractivity contribution >= 4 is 5.91 Å². The highest BCUT2D eigenvalue weighted by Gasteiger charge is 2.31. The van der Waals surface area contributed by atoms with Gasteiger partial charge in [-0.2, -0.15) is 4.98 Å². The van der Waals surface area contributed by atoms with Crippen molar-refractivity contribution in [3.8, 4) is 11.4 Å². The summed E-state index contributed by atoms with van der Waals surface area (Å²) in [5.74, 6) is 1.51. The van der Waals surface area contributed by atoms with Gasteiger partial charge in [0.05, 0.1) is 12.1 Å². The number of aromatic nitrogens is 2. The van der Waals surface area contributed by atoms with E-state index in [0.717, 1.165) is 51.1 Å². The summed E-state index contributed by atoms with van der Waals surface area (Å²) in [5.41, 5.74) is 2.17. The molecule has 0 spiro atoms. The average molecular weight is 383 g/mol. The number of benzene rings is 1. The zero-order valence-corrected chi connectivity index (χ0v) is 16.7. The number of carbonyl (C=O) groups excluding carboxylic acids is 1. The fourth-order valence-corrected chi connectivity index (χ4v) is 3.99. The van der Waals surface area contributed by atoms with E-state index >= 15 is 0 Å². The number of carbonyl (C=O) groups is 1. The van der Waals surface area contributed by atoms with E-state index in [-0.39, 0.29) is 18.0 Å². The van der Waals surface area contributed by atoms with Crippen LogP contribution in [0.2, 0.25) is 0 Å². The first-order chi connectivity index (χ1) is 13.6. The van der Waals surface area contributed by atoms with Crippen LogP contribution in [0, 0.1) is 6.92 Å². The van der Waals surface area contributed by atoms with Crippen molar-refractivity contribution in [2.24, 2.45) is 0 Å². The van der Waals surface area contributed by atoms with E-state index in [1.165, 1.54) is 12.0 Å². The third kappa shape index (κ3) is 4.10. The van der Waals surface area contributed by atoms with Crippen molar-refractivity contribution < 1.29 is 9.32 Å². The lowest BCUT2D eigenvalue weighted by Crippen LogP contribution is -2.55.